The van der Waals surface area contributed by atoms with Crippen molar-refractivity contribution < 1.29 is 0 Å². The summed E-state index contributed by atoms with van der Waals surface area (Å²) < 4.78 is 1.10. The molecular formula is C13H17BrClNS. The smallest absolute Gasteiger partial charge is 0.0494 e. The second kappa shape index (κ2) is 5.85. The topological polar surface area (TPSA) is 3.24 Å². The van der Waals surface area contributed by atoms with Crippen molar-refractivity contribution in [2.45, 2.75) is 31.0 Å². The first-order chi connectivity index (χ1) is 8.13. The fourth-order valence-electron chi connectivity index (χ4n) is 2.21. The highest BCUT2D eigenvalue weighted by Crippen LogP contribution is 2.33. The predicted molar refractivity (Wildman–Crippen MR) is 82.4 cm³/mol. The zero-order chi connectivity index (χ0) is 12.4. The summed E-state index contributed by atoms with van der Waals surface area (Å²) in [7, 11) is 0. The fraction of sp³-hybridized carbons (Fsp3) is 0.538. The van der Waals surface area contributed by atoms with Crippen LogP contribution in [0.3, 0.4) is 0 Å². The second-order valence-corrected chi connectivity index (χ2v) is 7.08. The third-order valence-electron chi connectivity index (χ3n) is 3.38. The summed E-state index contributed by atoms with van der Waals surface area (Å²) in [5, 5.41) is 0.676. The van der Waals surface area contributed by atoms with Crippen LogP contribution in [0, 0.1) is 0 Å². The molecule has 1 heterocycles. The van der Waals surface area contributed by atoms with Gasteiger partial charge in [-0.2, -0.15) is 11.8 Å². The molecule has 0 aromatic heterocycles. The van der Waals surface area contributed by atoms with Gasteiger partial charge in [-0.1, -0.05) is 22.9 Å². The number of nitrogens with zero attached hydrogens (tertiary/aromatic N) is 1. The van der Waals surface area contributed by atoms with Crippen LogP contribution in [0.25, 0.3) is 0 Å². The Balaban J connectivity index is 2.32. The minimum Gasteiger partial charge on any atom is -0.367 e. The van der Waals surface area contributed by atoms with Gasteiger partial charge in [-0.05, 0) is 30.7 Å². The Labute approximate surface area is 121 Å². The van der Waals surface area contributed by atoms with E-state index in [1.165, 1.54) is 17.0 Å². The van der Waals surface area contributed by atoms with Gasteiger partial charge in [-0.15, -0.1) is 11.6 Å². The van der Waals surface area contributed by atoms with E-state index in [-0.39, 0.29) is 0 Å². The van der Waals surface area contributed by atoms with Gasteiger partial charge in [0.15, 0.2) is 0 Å². The lowest BCUT2D eigenvalue weighted by Crippen LogP contribution is -2.45. The number of rotatable bonds is 2. The van der Waals surface area contributed by atoms with Crippen molar-refractivity contribution in [1.29, 1.82) is 0 Å². The van der Waals surface area contributed by atoms with E-state index in [4.69, 9.17) is 11.6 Å². The number of halogens is 2. The van der Waals surface area contributed by atoms with Crippen LogP contribution < -0.4 is 4.90 Å². The lowest BCUT2D eigenvalue weighted by molar-refractivity contribution is 0.626. The quantitative estimate of drug-likeness (QED) is 0.732. The number of alkyl halides is 1. The lowest BCUT2D eigenvalue weighted by Gasteiger charge is -2.40. The summed E-state index contributed by atoms with van der Waals surface area (Å²) in [4.78, 5) is 2.49. The molecule has 1 saturated heterocycles. The van der Waals surface area contributed by atoms with E-state index in [9.17, 15) is 0 Å². The molecule has 94 valence electrons. The van der Waals surface area contributed by atoms with Crippen LogP contribution in [-0.4, -0.2) is 23.6 Å². The van der Waals surface area contributed by atoms with Crippen LogP contribution in [0.5, 0.6) is 0 Å². The van der Waals surface area contributed by atoms with Crippen molar-refractivity contribution in [3.8, 4) is 0 Å². The van der Waals surface area contributed by atoms with Crippen LogP contribution in [0.15, 0.2) is 22.7 Å². The normalized spacial score (nSPS) is 25.1. The molecule has 0 spiro atoms. The van der Waals surface area contributed by atoms with E-state index >= 15 is 0 Å². The summed E-state index contributed by atoms with van der Waals surface area (Å²) in [5.74, 6) is 1.77. The van der Waals surface area contributed by atoms with Gasteiger partial charge in [0, 0.05) is 39.6 Å². The van der Waals surface area contributed by atoms with Gasteiger partial charge in [0.1, 0.15) is 0 Å². The van der Waals surface area contributed by atoms with Gasteiger partial charge >= 0.3 is 0 Å². The molecule has 0 radical (unpaired) electrons. The number of thioether (sulfide) groups is 1. The van der Waals surface area contributed by atoms with Gasteiger partial charge in [-0.25, -0.2) is 0 Å². The number of anilines is 1. The molecule has 0 saturated carbocycles. The molecule has 4 heteroatoms. The standard InChI is InChI=1S/C13H17BrClNS/c1-9-10(2)17-6-5-16(9)13-4-3-12(14)7-11(13)8-15/h3-4,7,9-10H,5-6,8H2,1-2H3. The lowest BCUT2D eigenvalue weighted by atomic mass is 10.1. The molecule has 0 aliphatic carbocycles. The largest absolute Gasteiger partial charge is 0.367 e. The molecule has 2 rings (SSSR count). The van der Waals surface area contributed by atoms with Crippen molar-refractivity contribution in [3.63, 3.8) is 0 Å². The minimum absolute atomic E-state index is 0.567. The summed E-state index contributed by atoms with van der Waals surface area (Å²) in [6.45, 7) is 5.72. The Morgan fingerprint density at radius 2 is 2.24 bits per heavy atom. The molecule has 2 atom stereocenters. The van der Waals surface area contributed by atoms with Crippen molar-refractivity contribution in [2.24, 2.45) is 0 Å². The molecule has 0 amide bonds. The van der Waals surface area contributed by atoms with Crippen LogP contribution in [-0.2, 0) is 5.88 Å². The monoisotopic (exact) mass is 333 g/mol. The maximum absolute atomic E-state index is 6.05. The summed E-state index contributed by atoms with van der Waals surface area (Å²) in [6, 6.07) is 6.98. The maximum atomic E-state index is 6.05. The fourth-order valence-corrected chi connectivity index (χ4v) is 3.94. The average Bonchev–Trinajstić information content (AvgIpc) is 2.33. The first-order valence-corrected chi connectivity index (χ1v) is 8.23. The summed E-state index contributed by atoms with van der Waals surface area (Å²) in [6.07, 6.45) is 0. The average molecular weight is 335 g/mol. The third kappa shape index (κ3) is 2.94. The van der Waals surface area contributed by atoms with E-state index < -0.39 is 0 Å². The molecule has 2 unspecified atom stereocenters. The maximum Gasteiger partial charge on any atom is 0.0494 e. The Hall–Kier alpha value is 0.140. The van der Waals surface area contributed by atoms with E-state index in [0.717, 1.165) is 11.0 Å². The number of benzene rings is 1. The highest BCUT2D eigenvalue weighted by Gasteiger charge is 2.26. The highest BCUT2D eigenvalue weighted by molar-refractivity contribution is 9.10. The highest BCUT2D eigenvalue weighted by atomic mass is 79.9. The first-order valence-electron chi connectivity index (χ1n) is 5.86. The third-order valence-corrected chi connectivity index (χ3v) is 5.50. The Bertz CT molecular complexity index is 399. The van der Waals surface area contributed by atoms with Crippen LogP contribution >= 0.6 is 39.3 Å². The molecule has 1 aliphatic rings. The Kier molecular flexibility index (Phi) is 4.67. The van der Waals surface area contributed by atoms with E-state index in [2.05, 4.69) is 64.6 Å². The molecule has 0 bridgehead atoms. The summed E-state index contributed by atoms with van der Waals surface area (Å²) in [5.41, 5.74) is 2.51. The van der Waals surface area contributed by atoms with Crippen molar-refractivity contribution in [1.82, 2.24) is 0 Å². The SMILES string of the molecule is CC1SCCN(c2ccc(Br)cc2CCl)C1C. The van der Waals surface area contributed by atoms with E-state index in [1.54, 1.807) is 0 Å². The van der Waals surface area contributed by atoms with Crippen LogP contribution in [0.1, 0.15) is 19.4 Å². The molecule has 17 heavy (non-hydrogen) atoms. The Morgan fingerprint density at radius 1 is 1.47 bits per heavy atom. The van der Waals surface area contributed by atoms with Gasteiger partial charge in [-0.3, -0.25) is 0 Å². The van der Waals surface area contributed by atoms with Gasteiger partial charge in [0.05, 0.1) is 0 Å². The summed E-state index contributed by atoms with van der Waals surface area (Å²) >= 11 is 11.6. The molecular weight excluding hydrogens is 318 g/mol. The van der Waals surface area contributed by atoms with Crippen LogP contribution in [0.2, 0.25) is 0 Å². The molecule has 1 fully saturated rings. The second-order valence-electron chi connectivity index (χ2n) is 4.42. The zero-order valence-corrected chi connectivity index (χ0v) is 13.3. The number of hydrogen-bond acceptors (Lipinski definition) is 2. The molecule has 1 aliphatic heterocycles. The molecule has 1 nitrogen and oxygen atoms in total. The molecule has 1 aromatic rings. The minimum atomic E-state index is 0.567. The number of hydrogen-bond donors (Lipinski definition) is 0. The van der Waals surface area contributed by atoms with Gasteiger partial charge < -0.3 is 4.90 Å². The zero-order valence-electron chi connectivity index (χ0n) is 10.1. The Morgan fingerprint density at radius 3 is 2.94 bits per heavy atom. The van der Waals surface area contributed by atoms with Crippen molar-refractivity contribution in [2.75, 3.05) is 17.2 Å². The first kappa shape index (κ1) is 13.6. The molecule has 0 N–H and O–H groups in total. The van der Waals surface area contributed by atoms with Crippen molar-refractivity contribution in [3.05, 3.63) is 28.2 Å². The van der Waals surface area contributed by atoms with Gasteiger partial charge in [0.2, 0.25) is 0 Å². The van der Waals surface area contributed by atoms with Crippen molar-refractivity contribution >= 4 is 45.0 Å². The van der Waals surface area contributed by atoms with E-state index in [0.29, 0.717) is 17.2 Å². The van der Waals surface area contributed by atoms with Crippen LogP contribution in [0.4, 0.5) is 5.69 Å². The van der Waals surface area contributed by atoms with E-state index in [1.807, 2.05) is 0 Å². The van der Waals surface area contributed by atoms with Gasteiger partial charge in [0.25, 0.3) is 0 Å². The predicted octanol–water partition coefficient (Wildman–Crippen LogP) is 4.52. The molecule has 1 aromatic carbocycles.